The molecule has 0 spiro atoms. The Morgan fingerprint density at radius 1 is 1.43 bits per heavy atom. The molecule has 1 aliphatic heterocycles. The van der Waals surface area contributed by atoms with Crippen LogP contribution in [0.3, 0.4) is 0 Å². The average molecular weight is 328 g/mol. The molecule has 11 heteroatoms. The van der Waals surface area contributed by atoms with Gasteiger partial charge in [0.1, 0.15) is 12.4 Å². The fourth-order valence-electron chi connectivity index (χ4n) is 2.50. The molecule has 5 atom stereocenters. The van der Waals surface area contributed by atoms with Gasteiger partial charge in [0.15, 0.2) is 0 Å². The van der Waals surface area contributed by atoms with E-state index in [1.54, 1.807) is 0 Å². The topological polar surface area (TPSA) is 171 Å². The number of aliphatic hydroxyl groups excluding tert-OH is 4. The second kappa shape index (κ2) is 7.12. The fraction of sp³-hybridized carbons (Fsp3) is 0.900. The van der Waals surface area contributed by atoms with Gasteiger partial charge in [0.25, 0.3) is 0 Å². The molecule has 1 amide bonds. The number of rotatable bonds is 6. The zero-order chi connectivity index (χ0) is 16.4. The van der Waals surface area contributed by atoms with E-state index in [1.807, 2.05) is 0 Å². The van der Waals surface area contributed by atoms with E-state index in [4.69, 9.17) is 14.9 Å². The van der Waals surface area contributed by atoms with Crippen molar-refractivity contribution in [1.29, 1.82) is 0 Å². The van der Waals surface area contributed by atoms with E-state index in [2.05, 4.69) is 5.32 Å². The lowest BCUT2D eigenvalue weighted by Crippen LogP contribution is -2.56. The first kappa shape index (κ1) is 18.5. The molecule has 0 radical (unpaired) electrons. The van der Waals surface area contributed by atoms with Crippen molar-refractivity contribution in [1.82, 2.24) is 10.2 Å². The summed E-state index contributed by atoms with van der Waals surface area (Å²) in [5, 5.41) is 40.7. The maximum atomic E-state index is 11.2. The molecular weight excluding hydrogens is 307 g/mol. The Hall–Kier alpha value is -0.580. The highest BCUT2D eigenvalue weighted by Crippen LogP contribution is 2.38. The van der Waals surface area contributed by atoms with Gasteiger partial charge in [-0.2, -0.15) is 0 Å². The standard InChI is InChI=1S/C10H21N2O8P/c1-5(14)11-8-6(15)2-12(4-21(18,19)20)9(8)10(17)7(16)3-13/h6-10,13,15-17H,2-4H2,1H3,(H,11,14)(H2,18,19,20)/t6-,7+,8+,9+,10+/m0/s1. The fourth-order valence-corrected chi connectivity index (χ4v) is 3.28. The smallest absolute Gasteiger partial charge is 0.339 e. The van der Waals surface area contributed by atoms with E-state index in [9.17, 15) is 24.7 Å². The molecule has 0 bridgehead atoms. The van der Waals surface area contributed by atoms with Gasteiger partial charge in [-0.25, -0.2) is 0 Å². The number of nitrogens with one attached hydrogen (secondary N) is 1. The lowest BCUT2D eigenvalue weighted by molar-refractivity contribution is -0.121. The minimum absolute atomic E-state index is 0.198. The highest BCUT2D eigenvalue weighted by Gasteiger charge is 2.48. The summed E-state index contributed by atoms with van der Waals surface area (Å²) in [6.07, 6.45) is -5.10. The molecule has 124 valence electrons. The number of likely N-dealkylation sites (tertiary alicyclic amines) is 1. The van der Waals surface area contributed by atoms with Crippen molar-refractivity contribution in [2.24, 2.45) is 0 Å². The maximum absolute atomic E-state index is 11.2. The van der Waals surface area contributed by atoms with Gasteiger partial charge in [-0.1, -0.05) is 0 Å². The van der Waals surface area contributed by atoms with Crippen LogP contribution in [0.1, 0.15) is 6.92 Å². The van der Waals surface area contributed by atoms with Crippen LogP contribution in [0.15, 0.2) is 0 Å². The van der Waals surface area contributed by atoms with E-state index in [-0.39, 0.29) is 6.54 Å². The van der Waals surface area contributed by atoms with Crippen LogP contribution in [-0.4, -0.2) is 90.9 Å². The van der Waals surface area contributed by atoms with E-state index >= 15 is 0 Å². The van der Waals surface area contributed by atoms with E-state index in [0.29, 0.717) is 0 Å². The minimum Gasteiger partial charge on any atom is -0.394 e. The van der Waals surface area contributed by atoms with Gasteiger partial charge in [-0.15, -0.1) is 0 Å². The largest absolute Gasteiger partial charge is 0.394 e. The molecule has 1 rings (SSSR count). The van der Waals surface area contributed by atoms with Crippen LogP contribution in [0, 0.1) is 0 Å². The molecule has 0 aromatic carbocycles. The number of β-amino-alcohol motifs (C(OH)–C–C–N with tert-alkyl or cyclic N) is 1. The highest BCUT2D eigenvalue weighted by atomic mass is 31.2. The summed E-state index contributed by atoms with van der Waals surface area (Å²) in [6, 6.07) is -2.16. The Morgan fingerprint density at radius 2 is 2.00 bits per heavy atom. The minimum atomic E-state index is -4.47. The molecule has 0 aliphatic carbocycles. The van der Waals surface area contributed by atoms with Crippen LogP contribution in [0.4, 0.5) is 0 Å². The Bertz CT molecular complexity index is 416. The second-order valence-corrected chi connectivity index (χ2v) is 6.71. The molecule has 0 unspecified atom stereocenters. The zero-order valence-corrected chi connectivity index (χ0v) is 12.3. The molecule has 10 nitrogen and oxygen atoms in total. The highest BCUT2D eigenvalue weighted by molar-refractivity contribution is 7.51. The SMILES string of the molecule is CC(=O)N[C@H]1[C@H]([C@H](O)[C@H](O)CO)N(CP(=O)(O)O)C[C@@H]1O. The van der Waals surface area contributed by atoms with Crippen LogP contribution < -0.4 is 5.32 Å². The first-order chi connectivity index (χ1) is 9.56. The first-order valence-corrected chi connectivity index (χ1v) is 8.07. The summed E-state index contributed by atoms with van der Waals surface area (Å²) in [5.41, 5.74) is 0. The van der Waals surface area contributed by atoms with Crippen LogP contribution in [0.25, 0.3) is 0 Å². The summed E-state index contributed by atoms with van der Waals surface area (Å²) < 4.78 is 11.1. The Kier molecular flexibility index (Phi) is 6.26. The quantitative estimate of drug-likeness (QED) is 0.243. The normalized spacial score (nSPS) is 30.1. The summed E-state index contributed by atoms with van der Waals surface area (Å²) in [7, 11) is -4.47. The van der Waals surface area contributed by atoms with Crippen LogP contribution in [-0.2, 0) is 9.36 Å². The Balaban J connectivity index is 3.02. The van der Waals surface area contributed by atoms with E-state index in [0.717, 1.165) is 4.90 Å². The average Bonchev–Trinajstić information content (AvgIpc) is 2.61. The predicted octanol–water partition coefficient (Wildman–Crippen LogP) is -3.61. The third-order valence-electron chi connectivity index (χ3n) is 3.29. The molecule has 1 fully saturated rings. The summed E-state index contributed by atoms with van der Waals surface area (Å²) >= 11 is 0. The first-order valence-electron chi connectivity index (χ1n) is 6.27. The monoisotopic (exact) mass is 328 g/mol. The molecular formula is C10H21N2O8P. The van der Waals surface area contributed by atoms with Gasteiger partial charge >= 0.3 is 7.60 Å². The summed E-state index contributed by atoms with van der Waals surface area (Å²) in [4.78, 5) is 30.3. The zero-order valence-electron chi connectivity index (χ0n) is 11.4. The number of nitrogens with zero attached hydrogens (tertiary/aromatic N) is 1. The number of hydrogen-bond acceptors (Lipinski definition) is 7. The van der Waals surface area contributed by atoms with Crippen molar-refractivity contribution >= 4 is 13.5 Å². The summed E-state index contributed by atoms with van der Waals surface area (Å²) in [5.74, 6) is -0.507. The van der Waals surface area contributed by atoms with E-state index < -0.39 is 56.8 Å². The van der Waals surface area contributed by atoms with Crippen molar-refractivity contribution in [2.75, 3.05) is 19.4 Å². The Labute approximate surface area is 121 Å². The van der Waals surface area contributed by atoms with Gasteiger partial charge in [0.05, 0.1) is 30.9 Å². The number of aliphatic hydroxyl groups is 4. The van der Waals surface area contributed by atoms with Crippen molar-refractivity contribution in [3.63, 3.8) is 0 Å². The molecule has 1 heterocycles. The van der Waals surface area contributed by atoms with Crippen LogP contribution in [0.5, 0.6) is 0 Å². The number of hydrogen-bond donors (Lipinski definition) is 7. The molecule has 1 saturated heterocycles. The van der Waals surface area contributed by atoms with Crippen molar-refractivity contribution in [3.8, 4) is 0 Å². The van der Waals surface area contributed by atoms with Gasteiger partial charge in [0, 0.05) is 13.5 Å². The molecule has 0 saturated carbocycles. The number of carbonyl (C=O) groups excluding carboxylic acids is 1. The molecule has 21 heavy (non-hydrogen) atoms. The predicted molar refractivity (Wildman–Crippen MR) is 70.1 cm³/mol. The molecule has 0 aromatic rings. The van der Waals surface area contributed by atoms with Crippen molar-refractivity contribution in [3.05, 3.63) is 0 Å². The van der Waals surface area contributed by atoms with Gasteiger partial charge < -0.3 is 35.5 Å². The summed E-state index contributed by atoms with van der Waals surface area (Å²) in [6.45, 7) is 0.213. The third-order valence-corrected chi connectivity index (χ3v) is 4.02. The molecule has 1 aliphatic rings. The lowest BCUT2D eigenvalue weighted by Gasteiger charge is -2.33. The van der Waals surface area contributed by atoms with Gasteiger partial charge in [-0.05, 0) is 0 Å². The van der Waals surface area contributed by atoms with Crippen molar-refractivity contribution < 1.29 is 39.6 Å². The number of carbonyl (C=O) groups is 1. The maximum Gasteiger partial charge on any atom is 0.339 e. The van der Waals surface area contributed by atoms with E-state index in [1.165, 1.54) is 6.92 Å². The molecule has 7 N–H and O–H groups in total. The second-order valence-electron chi connectivity index (χ2n) is 5.10. The molecule has 0 aromatic heterocycles. The van der Waals surface area contributed by atoms with Gasteiger partial charge in [0.2, 0.25) is 5.91 Å². The lowest BCUT2D eigenvalue weighted by atomic mass is 9.98. The number of amides is 1. The third kappa shape index (κ3) is 4.97. The van der Waals surface area contributed by atoms with Crippen LogP contribution >= 0.6 is 7.60 Å². The van der Waals surface area contributed by atoms with Crippen molar-refractivity contribution in [2.45, 2.75) is 37.3 Å². The Morgan fingerprint density at radius 3 is 2.43 bits per heavy atom. The van der Waals surface area contributed by atoms with Gasteiger partial charge in [-0.3, -0.25) is 14.3 Å². The van der Waals surface area contributed by atoms with Crippen LogP contribution in [0.2, 0.25) is 0 Å².